The molecule has 3 rings (SSSR count). The maximum absolute atomic E-state index is 2.34. The minimum absolute atomic E-state index is 0. The molecule has 0 unspecified atom stereocenters. The molecule has 2 aromatic carbocycles. The van der Waals surface area contributed by atoms with E-state index in [1.165, 1.54) is 18.9 Å². The standard InChI is InChI=1S/C15H15Si.Li/c1-2-9-14(10-3-1)16-12-6-8-13-7-4-5-11-15(13)16;/h1-5,7,9-11H,6,8,12H2;/q-1;+1. The van der Waals surface area contributed by atoms with Crippen molar-refractivity contribution in [3.8, 4) is 0 Å². The van der Waals surface area contributed by atoms with Gasteiger partial charge in [0.1, 0.15) is 0 Å². The van der Waals surface area contributed by atoms with Crippen LogP contribution in [-0.4, -0.2) is 8.80 Å². The molecule has 80 valence electrons. The minimum atomic E-state index is -0.482. The molecule has 1 heterocycles. The normalized spacial score (nSPS) is 13.8. The van der Waals surface area contributed by atoms with Crippen molar-refractivity contribution in [1.29, 1.82) is 0 Å². The third kappa shape index (κ3) is 2.58. The molecule has 17 heavy (non-hydrogen) atoms. The minimum Gasteiger partial charge on any atom is -0.251 e. The molecule has 1 aliphatic rings. The van der Waals surface area contributed by atoms with Crippen LogP contribution in [0.5, 0.6) is 0 Å². The van der Waals surface area contributed by atoms with Crippen molar-refractivity contribution in [2.45, 2.75) is 18.9 Å². The molecule has 0 radical (unpaired) electrons. The zero-order valence-corrected chi connectivity index (χ0v) is 11.3. The maximum atomic E-state index is 2.34. The summed E-state index contributed by atoms with van der Waals surface area (Å²) in [4.78, 5) is 0. The molecule has 0 nitrogen and oxygen atoms in total. The van der Waals surface area contributed by atoms with Gasteiger partial charge >= 0.3 is 18.9 Å². The Morgan fingerprint density at radius 3 is 2.35 bits per heavy atom. The van der Waals surface area contributed by atoms with Gasteiger partial charge < -0.3 is 0 Å². The summed E-state index contributed by atoms with van der Waals surface area (Å²) in [5.74, 6) is 0. The number of aryl methyl sites for hydroxylation is 1. The van der Waals surface area contributed by atoms with Crippen molar-refractivity contribution < 1.29 is 18.9 Å². The third-order valence-electron chi connectivity index (χ3n) is 3.34. The van der Waals surface area contributed by atoms with E-state index in [2.05, 4.69) is 54.6 Å². The molecule has 1 aliphatic heterocycles. The molecule has 0 spiro atoms. The monoisotopic (exact) mass is 230 g/mol. The summed E-state index contributed by atoms with van der Waals surface area (Å²) in [6.45, 7) is 0. The average molecular weight is 230 g/mol. The van der Waals surface area contributed by atoms with Crippen molar-refractivity contribution >= 4 is 19.2 Å². The predicted molar refractivity (Wildman–Crippen MR) is 71.0 cm³/mol. The smallest absolute Gasteiger partial charge is 0.251 e. The van der Waals surface area contributed by atoms with Crippen LogP contribution in [0.2, 0.25) is 6.04 Å². The fraction of sp³-hybridized carbons (Fsp3) is 0.200. The van der Waals surface area contributed by atoms with Gasteiger partial charge in [0.15, 0.2) is 0 Å². The molecule has 2 aromatic rings. The Hall–Kier alpha value is -0.746. The van der Waals surface area contributed by atoms with Gasteiger partial charge in [-0.05, 0) is 6.42 Å². The Balaban J connectivity index is 0.00000108. The van der Waals surface area contributed by atoms with Gasteiger partial charge in [0.2, 0.25) is 0 Å². The van der Waals surface area contributed by atoms with Gasteiger partial charge in [-0.2, -0.15) is 16.4 Å². The van der Waals surface area contributed by atoms with Gasteiger partial charge in [-0.15, -0.1) is 0 Å². The second-order valence-corrected chi connectivity index (χ2v) is 6.93. The number of hydrogen-bond acceptors (Lipinski definition) is 0. The van der Waals surface area contributed by atoms with Crippen molar-refractivity contribution in [2.75, 3.05) is 0 Å². The van der Waals surface area contributed by atoms with E-state index in [0.29, 0.717) is 0 Å². The van der Waals surface area contributed by atoms with E-state index < -0.39 is 8.80 Å². The first-order chi connectivity index (χ1) is 7.95. The molecular formula is C15H15LiSi. The second kappa shape index (κ2) is 5.73. The quantitative estimate of drug-likeness (QED) is 0.565. The summed E-state index contributed by atoms with van der Waals surface area (Å²) in [6.07, 6.45) is 2.64. The molecule has 0 saturated carbocycles. The van der Waals surface area contributed by atoms with Crippen LogP contribution in [-0.2, 0) is 6.42 Å². The van der Waals surface area contributed by atoms with Crippen LogP contribution in [0.15, 0.2) is 54.6 Å². The molecule has 2 heteroatoms. The van der Waals surface area contributed by atoms with Gasteiger partial charge in [0.05, 0.1) is 0 Å². The second-order valence-electron chi connectivity index (χ2n) is 4.36. The summed E-state index contributed by atoms with van der Waals surface area (Å²) in [5.41, 5.74) is 1.59. The van der Waals surface area contributed by atoms with Crippen LogP contribution in [0.25, 0.3) is 0 Å². The summed E-state index contributed by atoms with van der Waals surface area (Å²) in [7, 11) is -0.482. The van der Waals surface area contributed by atoms with Crippen molar-refractivity contribution in [1.82, 2.24) is 0 Å². The number of benzene rings is 2. The molecule has 0 saturated heterocycles. The van der Waals surface area contributed by atoms with Crippen LogP contribution in [0.1, 0.15) is 12.0 Å². The van der Waals surface area contributed by atoms with Crippen LogP contribution < -0.4 is 29.2 Å². The number of fused-ring (bicyclic) bond motifs is 1. The Labute approximate surface area is 117 Å². The molecule has 0 atom stereocenters. The Morgan fingerprint density at radius 2 is 1.53 bits per heavy atom. The molecular weight excluding hydrogens is 215 g/mol. The van der Waals surface area contributed by atoms with Crippen molar-refractivity contribution in [3.05, 3.63) is 60.2 Å². The summed E-state index contributed by atoms with van der Waals surface area (Å²) >= 11 is 0. The summed E-state index contributed by atoms with van der Waals surface area (Å²) in [5, 5.41) is 3.21. The first kappa shape index (κ1) is 12.7. The molecule has 0 fully saturated rings. The molecule has 0 N–H and O–H groups in total. The van der Waals surface area contributed by atoms with Crippen molar-refractivity contribution in [2.24, 2.45) is 0 Å². The molecule has 0 bridgehead atoms. The zero-order chi connectivity index (χ0) is 10.8. The maximum Gasteiger partial charge on any atom is 1.00 e. The predicted octanol–water partition coefficient (Wildman–Crippen LogP) is -0.754. The van der Waals surface area contributed by atoms with Gasteiger partial charge in [-0.3, -0.25) is 8.80 Å². The molecule has 0 aromatic heterocycles. The Bertz CT molecular complexity index is 481. The summed E-state index contributed by atoms with van der Waals surface area (Å²) in [6, 6.07) is 21.5. The van der Waals surface area contributed by atoms with Crippen LogP contribution >= 0.6 is 0 Å². The van der Waals surface area contributed by atoms with E-state index >= 15 is 0 Å². The molecule has 0 amide bonds. The van der Waals surface area contributed by atoms with Crippen LogP contribution in [0.3, 0.4) is 0 Å². The fourth-order valence-corrected chi connectivity index (χ4v) is 5.45. The number of hydrogen-bond donors (Lipinski definition) is 0. The van der Waals surface area contributed by atoms with Gasteiger partial charge in [0.25, 0.3) is 0 Å². The first-order valence-corrected chi connectivity index (χ1v) is 7.65. The van der Waals surface area contributed by atoms with E-state index in [9.17, 15) is 0 Å². The van der Waals surface area contributed by atoms with E-state index in [0.717, 1.165) is 0 Å². The van der Waals surface area contributed by atoms with Crippen molar-refractivity contribution in [3.63, 3.8) is 0 Å². The SMILES string of the molecule is [Li+].c1ccc([Si-]2CCCc3ccccc32)cc1. The van der Waals surface area contributed by atoms with Crippen LogP contribution in [0, 0.1) is 0 Å². The van der Waals surface area contributed by atoms with E-state index in [-0.39, 0.29) is 18.9 Å². The topological polar surface area (TPSA) is 0 Å². The third-order valence-corrected chi connectivity index (χ3v) is 6.36. The largest absolute Gasteiger partial charge is 1.00 e. The Kier molecular flexibility index (Phi) is 4.28. The fourth-order valence-electron chi connectivity index (χ4n) is 2.56. The van der Waals surface area contributed by atoms with E-state index in [1.807, 2.05) is 0 Å². The number of rotatable bonds is 1. The average Bonchev–Trinajstić information content (AvgIpc) is 2.39. The first-order valence-electron chi connectivity index (χ1n) is 5.95. The van der Waals surface area contributed by atoms with E-state index in [1.54, 1.807) is 15.9 Å². The van der Waals surface area contributed by atoms with Gasteiger partial charge in [0, 0.05) is 0 Å². The zero-order valence-electron chi connectivity index (χ0n) is 10.3. The Morgan fingerprint density at radius 1 is 0.824 bits per heavy atom. The van der Waals surface area contributed by atoms with Gasteiger partial charge in [-0.25, -0.2) is 0 Å². The van der Waals surface area contributed by atoms with E-state index in [4.69, 9.17) is 0 Å². The van der Waals surface area contributed by atoms with Crippen LogP contribution in [0.4, 0.5) is 0 Å². The summed E-state index contributed by atoms with van der Waals surface area (Å²) < 4.78 is 0. The van der Waals surface area contributed by atoms with Gasteiger partial charge in [-0.1, -0.05) is 66.6 Å². The molecule has 0 aliphatic carbocycles.